The number of carbonyl (C=O) groups excluding carboxylic acids is 1. The number of rotatable bonds is 6. The SMILES string of the molecule is CCCCCCC(N)C(=O)N1CCSCC1. The molecule has 2 N–H and O–H groups in total. The van der Waals surface area contributed by atoms with Crippen molar-refractivity contribution in [3.63, 3.8) is 0 Å². The van der Waals surface area contributed by atoms with Gasteiger partial charge in [-0.05, 0) is 6.42 Å². The molecule has 0 aliphatic carbocycles. The Morgan fingerprint density at radius 3 is 2.62 bits per heavy atom. The summed E-state index contributed by atoms with van der Waals surface area (Å²) in [5.41, 5.74) is 5.93. The lowest BCUT2D eigenvalue weighted by Gasteiger charge is -2.28. The van der Waals surface area contributed by atoms with Gasteiger partial charge in [0.1, 0.15) is 0 Å². The standard InChI is InChI=1S/C12H24N2OS/c1-2-3-4-5-6-11(13)12(15)14-7-9-16-10-8-14/h11H,2-10,13H2,1H3. The third-order valence-electron chi connectivity index (χ3n) is 3.01. The molecule has 0 saturated carbocycles. The monoisotopic (exact) mass is 244 g/mol. The van der Waals surface area contributed by atoms with Crippen molar-refractivity contribution in [2.24, 2.45) is 5.73 Å². The molecule has 0 radical (unpaired) electrons. The van der Waals surface area contributed by atoms with E-state index in [1.165, 1.54) is 19.3 Å². The van der Waals surface area contributed by atoms with E-state index in [-0.39, 0.29) is 11.9 Å². The van der Waals surface area contributed by atoms with Crippen LogP contribution in [0.1, 0.15) is 39.0 Å². The number of unbranched alkanes of at least 4 members (excludes halogenated alkanes) is 3. The maximum absolute atomic E-state index is 12.0. The average molecular weight is 244 g/mol. The van der Waals surface area contributed by atoms with Crippen LogP contribution in [0.15, 0.2) is 0 Å². The lowest BCUT2D eigenvalue weighted by molar-refractivity contribution is -0.132. The quantitative estimate of drug-likeness (QED) is 0.725. The first kappa shape index (κ1) is 13.8. The van der Waals surface area contributed by atoms with Crippen LogP contribution in [0.5, 0.6) is 0 Å². The van der Waals surface area contributed by atoms with Crippen molar-refractivity contribution in [2.45, 2.75) is 45.1 Å². The van der Waals surface area contributed by atoms with Crippen LogP contribution in [0.2, 0.25) is 0 Å². The van der Waals surface area contributed by atoms with Crippen molar-refractivity contribution < 1.29 is 4.79 Å². The van der Waals surface area contributed by atoms with Gasteiger partial charge in [-0.2, -0.15) is 11.8 Å². The molecule has 0 aromatic rings. The number of thioether (sulfide) groups is 1. The summed E-state index contributed by atoms with van der Waals surface area (Å²) in [4.78, 5) is 13.9. The number of hydrogen-bond acceptors (Lipinski definition) is 3. The molecular weight excluding hydrogens is 220 g/mol. The van der Waals surface area contributed by atoms with E-state index < -0.39 is 0 Å². The molecule has 1 atom stereocenters. The minimum atomic E-state index is -0.264. The number of nitrogens with two attached hydrogens (primary N) is 1. The second-order valence-electron chi connectivity index (χ2n) is 4.39. The van der Waals surface area contributed by atoms with Gasteiger partial charge in [0.15, 0.2) is 0 Å². The molecule has 1 heterocycles. The van der Waals surface area contributed by atoms with Crippen molar-refractivity contribution in [3.05, 3.63) is 0 Å². The highest BCUT2D eigenvalue weighted by Gasteiger charge is 2.21. The number of amides is 1. The van der Waals surface area contributed by atoms with Crippen LogP contribution < -0.4 is 5.73 Å². The Bertz CT molecular complexity index is 205. The fourth-order valence-electron chi connectivity index (χ4n) is 1.93. The zero-order chi connectivity index (χ0) is 11.8. The molecule has 0 aromatic heterocycles. The van der Waals surface area contributed by atoms with E-state index >= 15 is 0 Å². The Morgan fingerprint density at radius 1 is 1.31 bits per heavy atom. The Morgan fingerprint density at radius 2 is 2.00 bits per heavy atom. The summed E-state index contributed by atoms with van der Waals surface area (Å²) in [6.45, 7) is 3.95. The largest absolute Gasteiger partial charge is 0.340 e. The predicted molar refractivity (Wildman–Crippen MR) is 70.6 cm³/mol. The van der Waals surface area contributed by atoms with Crippen LogP contribution in [0.3, 0.4) is 0 Å². The first-order chi connectivity index (χ1) is 7.75. The first-order valence-electron chi connectivity index (χ1n) is 6.37. The van der Waals surface area contributed by atoms with Crippen molar-refractivity contribution in [2.75, 3.05) is 24.6 Å². The van der Waals surface area contributed by atoms with Gasteiger partial charge in [0.25, 0.3) is 0 Å². The topological polar surface area (TPSA) is 46.3 Å². The van der Waals surface area contributed by atoms with E-state index in [0.717, 1.165) is 37.4 Å². The molecule has 4 heteroatoms. The van der Waals surface area contributed by atoms with E-state index in [1.807, 2.05) is 16.7 Å². The fourth-order valence-corrected chi connectivity index (χ4v) is 2.84. The summed E-state index contributed by atoms with van der Waals surface area (Å²) in [5, 5.41) is 0. The zero-order valence-corrected chi connectivity index (χ0v) is 11.1. The Balaban J connectivity index is 2.18. The number of nitrogens with zero attached hydrogens (tertiary/aromatic N) is 1. The summed E-state index contributed by atoms with van der Waals surface area (Å²) in [7, 11) is 0. The average Bonchev–Trinajstić information content (AvgIpc) is 2.34. The lowest BCUT2D eigenvalue weighted by Crippen LogP contribution is -2.47. The van der Waals surface area contributed by atoms with Gasteiger partial charge in [0, 0.05) is 24.6 Å². The maximum Gasteiger partial charge on any atom is 0.239 e. The summed E-state index contributed by atoms with van der Waals surface area (Å²) >= 11 is 1.92. The molecule has 1 fully saturated rings. The normalized spacial score (nSPS) is 18.5. The summed E-state index contributed by atoms with van der Waals surface area (Å²) in [6.07, 6.45) is 5.62. The van der Waals surface area contributed by atoms with Crippen LogP contribution in [0.4, 0.5) is 0 Å². The molecule has 1 saturated heterocycles. The Hall–Kier alpha value is -0.220. The van der Waals surface area contributed by atoms with E-state index in [2.05, 4.69) is 6.92 Å². The van der Waals surface area contributed by atoms with E-state index in [0.29, 0.717) is 0 Å². The zero-order valence-electron chi connectivity index (χ0n) is 10.3. The van der Waals surface area contributed by atoms with Crippen LogP contribution >= 0.6 is 11.8 Å². The molecule has 0 spiro atoms. The number of hydrogen-bond donors (Lipinski definition) is 1. The highest BCUT2D eigenvalue weighted by Crippen LogP contribution is 2.12. The summed E-state index contributed by atoms with van der Waals surface area (Å²) in [6, 6.07) is -0.264. The molecule has 16 heavy (non-hydrogen) atoms. The smallest absolute Gasteiger partial charge is 0.239 e. The second-order valence-corrected chi connectivity index (χ2v) is 5.62. The molecule has 1 amide bonds. The van der Waals surface area contributed by atoms with Crippen LogP contribution in [0.25, 0.3) is 0 Å². The minimum Gasteiger partial charge on any atom is -0.340 e. The van der Waals surface area contributed by atoms with Gasteiger partial charge in [-0.3, -0.25) is 4.79 Å². The van der Waals surface area contributed by atoms with E-state index in [1.54, 1.807) is 0 Å². The lowest BCUT2D eigenvalue weighted by atomic mass is 10.1. The maximum atomic E-state index is 12.0. The second kappa shape index (κ2) is 7.96. The van der Waals surface area contributed by atoms with Gasteiger partial charge >= 0.3 is 0 Å². The van der Waals surface area contributed by atoms with Gasteiger partial charge in [-0.1, -0.05) is 32.6 Å². The van der Waals surface area contributed by atoms with Gasteiger partial charge in [-0.25, -0.2) is 0 Å². The predicted octanol–water partition coefficient (Wildman–Crippen LogP) is 1.86. The van der Waals surface area contributed by atoms with Gasteiger partial charge in [-0.15, -0.1) is 0 Å². The molecule has 1 rings (SSSR count). The van der Waals surface area contributed by atoms with E-state index in [9.17, 15) is 4.79 Å². The summed E-state index contributed by atoms with van der Waals surface area (Å²) < 4.78 is 0. The fraction of sp³-hybridized carbons (Fsp3) is 0.917. The van der Waals surface area contributed by atoms with Crippen LogP contribution in [0, 0.1) is 0 Å². The first-order valence-corrected chi connectivity index (χ1v) is 7.53. The molecule has 1 unspecified atom stereocenters. The third-order valence-corrected chi connectivity index (χ3v) is 3.95. The molecular formula is C12H24N2OS. The highest BCUT2D eigenvalue weighted by atomic mass is 32.2. The van der Waals surface area contributed by atoms with Crippen molar-refractivity contribution in [1.29, 1.82) is 0 Å². The highest BCUT2D eigenvalue weighted by molar-refractivity contribution is 7.99. The molecule has 0 aromatic carbocycles. The summed E-state index contributed by atoms with van der Waals surface area (Å²) in [5.74, 6) is 2.29. The molecule has 1 aliphatic heterocycles. The van der Waals surface area contributed by atoms with Crippen molar-refractivity contribution in [1.82, 2.24) is 4.90 Å². The van der Waals surface area contributed by atoms with Crippen molar-refractivity contribution >= 4 is 17.7 Å². The minimum absolute atomic E-state index is 0.164. The Kier molecular flexibility index (Phi) is 6.88. The van der Waals surface area contributed by atoms with E-state index in [4.69, 9.17) is 5.73 Å². The number of carbonyl (C=O) groups is 1. The van der Waals surface area contributed by atoms with Gasteiger partial charge in [0.05, 0.1) is 6.04 Å². The van der Waals surface area contributed by atoms with Gasteiger partial charge in [0.2, 0.25) is 5.91 Å². The molecule has 3 nitrogen and oxygen atoms in total. The molecule has 94 valence electrons. The third kappa shape index (κ3) is 4.74. The Labute approximate surface area is 103 Å². The molecule has 0 bridgehead atoms. The van der Waals surface area contributed by atoms with Crippen molar-refractivity contribution in [3.8, 4) is 0 Å². The van der Waals surface area contributed by atoms with Crippen LogP contribution in [-0.4, -0.2) is 41.4 Å². The molecule has 1 aliphatic rings. The van der Waals surface area contributed by atoms with Crippen LogP contribution in [-0.2, 0) is 4.79 Å². The van der Waals surface area contributed by atoms with Gasteiger partial charge < -0.3 is 10.6 Å².